The van der Waals surface area contributed by atoms with E-state index < -0.39 is 10.0 Å². The monoisotopic (exact) mass is 270 g/mol. The average Bonchev–Trinajstić information content (AvgIpc) is 2.39. The molecule has 1 aliphatic heterocycles. The highest BCUT2D eigenvalue weighted by Gasteiger charge is 2.32. The quantitative estimate of drug-likeness (QED) is 0.796. The topological polar surface area (TPSA) is 83.6 Å². The second-order valence-electron chi connectivity index (χ2n) is 4.52. The van der Waals surface area contributed by atoms with Crippen molar-refractivity contribution in [3.05, 3.63) is 24.3 Å². The Bertz CT molecular complexity index is 499. The number of nitrogens with two attached hydrogens (primary N) is 1. The van der Waals surface area contributed by atoms with Crippen molar-refractivity contribution >= 4 is 15.7 Å². The molecular weight excluding hydrogens is 252 g/mol. The molecule has 0 saturated carbocycles. The Morgan fingerprint density at radius 3 is 2.56 bits per heavy atom. The van der Waals surface area contributed by atoms with Gasteiger partial charge < -0.3 is 10.8 Å². The van der Waals surface area contributed by atoms with Crippen LogP contribution in [-0.2, 0) is 10.0 Å². The molecule has 6 heteroatoms. The maximum Gasteiger partial charge on any atom is 0.243 e. The highest BCUT2D eigenvalue weighted by atomic mass is 32.2. The number of benzene rings is 1. The van der Waals surface area contributed by atoms with Crippen LogP contribution in [0.1, 0.15) is 19.3 Å². The van der Waals surface area contributed by atoms with E-state index in [0.717, 1.165) is 12.8 Å². The van der Waals surface area contributed by atoms with E-state index in [1.807, 2.05) is 0 Å². The fourth-order valence-electron chi connectivity index (χ4n) is 2.25. The molecule has 0 bridgehead atoms. The summed E-state index contributed by atoms with van der Waals surface area (Å²) in [5.74, 6) is 0. The number of nitrogens with zero attached hydrogens (tertiary/aromatic N) is 1. The zero-order valence-electron chi connectivity index (χ0n) is 10.1. The molecule has 0 radical (unpaired) electrons. The zero-order chi connectivity index (χ0) is 13.2. The highest BCUT2D eigenvalue weighted by Crippen LogP contribution is 2.25. The molecule has 1 atom stereocenters. The number of anilines is 1. The Hall–Kier alpha value is -1.11. The number of sulfonamides is 1. The minimum absolute atomic E-state index is 0.131. The number of aliphatic hydroxyl groups excluding tert-OH is 1. The van der Waals surface area contributed by atoms with Crippen molar-refractivity contribution in [1.82, 2.24) is 4.31 Å². The molecule has 1 aromatic carbocycles. The van der Waals surface area contributed by atoms with E-state index >= 15 is 0 Å². The second-order valence-corrected chi connectivity index (χ2v) is 6.41. The SMILES string of the molecule is Nc1ccc(S(=O)(=O)N2CCCCC2CO)cc1. The van der Waals surface area contributed by atoms with Gasteiger partial charge in [0.25, 0.3) is 0 Å². The first-order valence-electron chi connectivity index (χ1n) is 6.04. The molecule has 1 aromatic rings. The van der Waals surface area contributed by atoms with Gasteiger partial charge in [-0.25, -0.2) is 8.42 Å². The van der Waals surface area contributed by atoms with Gasteiger partial charge in [-0.2, -0.15) is 4.31 Å². The molecule has 5 nitrogen and oxygen atoms in total. The lowest BCUT2D eigenvalue weighted by Gasteiger charge is -2.33. The summed E-state index contributed by atoms with van der Waals surface area (Å²) in [6, 6.07) is 5.86. The van der Waals surface area contributed by atoms with E-state index in [4.69, 9.17) is 5.73 Å². The lowest BCUT2D eigenvalue weighted by Crippen LogP contribution is -2.45. The van der Waals surface area contributed by atoms with Crippen molar-refractivity contribution in [3.8, 4) is 0 Å². The smallest absolute Gasteiger partial charge is 0.243 e. The Morgan fingerprint density at radius 2 is 1.94 bits per heavy atom. The number of aliphatic hydroxyl groups is 1. The van der Waals surface area contributed by atoms with Crippen molar-refractivity contribution in [2.45, 2.75) is 30.2 Å². The van der Waals surface area contributed by atoms with Crippen LogP contribution in [0.4, 0.5) is 5.69 Å². The van der Waals surface area contributed by atoms with Crippen molar-refractivity contribution in [1.29, 1.82) is 0 Å². The number of rotatable bonds is 3. The Kier molecular flexibility index (Phi) is 3.89. The number of piperidine rings is 1. The summed E-state index contributed by atoms with van der Waals surface area (Å²) >= 11 is 0. The van der Waals surface area contributed by atoms with E-state index in [1.165, 1.54) is 16.4 Å². The molecule has 3 N–H and O–H groups in total. The number of hydrogen-bond donors (Lipinski definition) is 2. The van der Waals surface area contributed by atoms with Crippen molar-refractivity contribution in [2.75, 3.05) is 18.9 Å². The molecule has 1 heterocycles. The molecule has 18 heavy (non-hydrogen) atoms. The van der Waals surface area contributed by atoms with E-state index in [-0.39, 0.29) is 17.5 Å². The summed E-state index contributed by atoms with van der Waals surface area (Å²) in [4.78, 5) is 0.233. The number of nitrogen functional groups attached to an aromatic ring is 1. The van der Waals surface area contributed by atoms with Gasteiger partial charge in [-0.15, -0.1) is 0 Å². The van der Waals surface area contributed by atoms with Crippen LogP contribution in [0.2, 0.25) is 0 Å². The van der Waals surface area contributed by atoms with Gasteiger partial charge in [-0.05, 0) is 37.1 Å². The van der Waals surface area contributed by atoms with Crippen LogP contribution >= 0.6 is 0 Å². The van der Waals surface area contributed by atoms with Gasteiger partial charge in [0.15, 0.2) is 0 Å². The van der Waals surface area contributed by atoms with Crippen molar-refractivity contribution in [2.24, 2.45) is 0 Å². The van der Waals surface area contributed by atoms with Crippen LogP contribution in [0.3, 0.4) is 0 Å². The maximum absolute atomic E-state index is 12.4. The zero-order valence-corrected chi connectivity index (χ0v) is 10.9. The predicted octanol–water partition coefficient (Wildman–Crippen LogP) is 0.804. The van der Waals surface area contributed by atoms with Crippen LogP contribution in [0.15, 0.2) is 29.2 Å². The van der Waals surface area contributed by atoms with E-state index in [0.29, 0.717) is 18.7 Å². The van der Waals surface area contributed by atoms with Crippen LogP contribution in [0, 0.1) is 0 Å². The van der Waals surface area contributed by atoms with E-state index in [9.17, 15) is 13.5 Å². The first-order chi connectivity index (χ1) is 8.55. The van der Waals surface area contributed by atoms with Crippen LogP contribution in [-0.4, -0.2) is 37.0 Å². The Labute approximate surface area is 107 Å². The lowest BCUT2D eigenvalue weighted by molar-refractivity contribution is 0.155. The van der Waals surface area contributed by atoms with Crippen LogP contribution < -0.4 is 5.73 Å². The second kappa shape index (κ2) is 5.26. The van der Waals surface area contributed by atoms with Crippen LogP contribution in [0.5, 0.6) is 0 Å². The van der Waals surface area contributed by atoms with Gasteiger partial charge in [0, 0.05) is 18.3 Å². The molecule has 2 rings (SSSR count). The summed E-state index contributed by atoms with van der Waals surface area (Å²) in [6.45, 7) is 0.339. The van der Waals surface area contributed by atoms with Gasteiger partial charge in [-0.1, -0.05) is 6.42 Å². The van der Waals surface area contributed by atoms with Crippen molar-refractivity contribution in [3.63, 3.8) is 0 Å². The van der Waals surface area contributed by atoms with Gasteiger partial charge >= 0.3 is 0 Å². The van der Waals surface area contributed by atoms with E-state index in [2.05, 4.69) is 0 Å². The largest absolute Gasteiger partial charge is 0.399 e. The summed E-state index contributed by atoms with van der Waals surface area (Å²) in [7, 11) is -3.52. The molecule has 1 fully saturated rings. The molecule has 1 aliphatic rings. The molecule has 1 unspecified atom stereocenters. The van der Waals surface area contributed by atoms with Gasteiger partial charge in [0.2, 0.25) is 10.0 Å². The number of hydrogen-bond acceptors (Lipinski definition) is 4. The summed E-state index contributed by atoms with van der Waals surface area (Å²) in [6.07, 6.45) is 2.51. The van der Waals surface area contributed by atoms with Gasteiger partial charge in [0.1, 0.15) is 0 Å². The normalized spacial score (nSPS) is 21.9. The lowest BCUT2D eigenvalue weighted by atomic mass is 10.1. The Morgan fingerprint density at radius 1 is 1.28 bits per heavy atom. The third-order valence-electron chi connectivity index (χ3n) is 3.27. The summed E-state index contributed by atoms with van der Waals surface area (Å²) in [5, 5.41) is 9.29. The summed E-state index contributed by atoms with van der Waals surface area (Å²) < 4.78 is 26.3. The average molecular weight is 270 g/mol. The maximum atomic E-state index is 12.4. The molecule has 0 amide bonds. The molecule has 0 spiro atoms. The minimum Gasteiger partial charge on any atom is -0.399 e. The summed E-state index contributed by atoms with van der Waals surface area (Å²) in [5.41, 5.74) is 6.09. The fourth-order valence-corrected chi connectivity index (χ4v) is 3.93. The first kappa shape index (κ1) is 13.3. The molecule has 100 valence electrons. The van der Waals surface area contributed by atoms with Gasteiger partial charge in [0.05, 0.1) is 11.5 Å². The highest BCUT2D eigenvalue weighted by molar-refractivity contribution is 7.89. The minimum atomic E-state index is -3.52. The molecular formula is C12H18N2O3S. The van der Waals surface area contributed by atoms with Crippen LogP contribution in [0.25, 0.3) is 0 Å². The standard InChI is InChI=1S/C12H18N2O3S/c13-10-4-6-12(7-5-10)18(16,17)14-8-2-1-3-11(14)9-15/h4-7,11,15H,1-3,8-9,13H2. The Balaban J connectivity index is 2.32. The van der Waals surface area contributed by atoms with Gasteiger partial charge in [-0.3, -0.25) is 0 Å². The van der Waals surface area contributed by atoms with E-state index in [1.54, 1.807) is 12.1 Å². The molecule has 0 aromatic heterocycles. The fraction of sp³-hybridized carbons (Fsp3) is 0.500. The first-order valence-corrected chi connectivity index (χ1v) is 7.48. The predicted molar refractivity (Wildman–Crippen MR) is 69.5 cm³/mol. The third-order valence-corrected chi connectivity index (χ3v) is 5.24. The molecule has 0 aliphatic carbocycles. The third kappa shape index (κ3) is 2.50. The van der Waals surface area contributed by atoms with Crippen molar-refractivity contribution < 1.29 is 13.5 Å². The molecule has 1 saturated heterocycles.